The molecule has 0 bridgehead atoms. The number of nitrogens with zero attached hydrogens (tertiary/aromatic N) is 1. The maximum absolute atomic E-state index is 4.73. The number of hydrogen-bond donors (Lipinski definition) is 1. The van der Waals surface area contributed by atoms with Crippen LogP contribution in [0.25, 0.3) is 0 Å². The molecule has 0 aliphatic heterocycles. The van der Waals surface area contributed by atoms with Gasteiger partial charge in [0.15, 0.2) is 0 Å². The first-order valence-corrected chi connectivity index (χ1v) is 8.95. The zero-order valence-electron chi connectivity index (χ0n) is 13.7. The molecule has 3 heteroatoms. The monoisotopic (exact) mass is 294 g/mol. The molecule has 114 valence electrons. The summed E-state index contributed by atoms with van der Waals surface area (Å²) in [6, 6.07) is 0.472. The van der Waals surface area contributed by atoms with Crippen molar-refractivity contribution < 1.29 is 0 Å². The molecule has 0 aromatic carbocycles. The van der Waals surface area contributed by atoms with E-state index < -0.39 is 0 Å². The molecule has 0 saturated heterocycles. The third-order valence-corrected chi connectivity index (χ3v) is 5.84. The van der Waals surface area contributed by atoms with Crippen molar-refractivity contribution in [1.29, 1.82) is 0 Å². The van der Waals surface area contributed by atoms with Crippen molar-refractivity contribution >= 4 is 11.3 Å². The molecule has 1 aromatic heterocycles. The Kier molecular flexibility index (Phi) is 5.25. The van der Waals surface area contributed by atoms with Gasteiger partial charge in [-0.25, -0.2) is 4.98 Å². The molecule has 1 aromatic rings. The van der Waals surface area contributed by atoms with Gasteiger partial charge in [0.1, 0.15) is 5.01 Å². The minimum atomic E-state index is 0.469. The lowest BCUT2D eigenvalue weighted by Crippen LogP contribution is -2.33. The van der Waals surface area contributed by atoms with Gasteiger partial charge in [0.2, 0.25) is 0 Å². The third-order valence-electron chi connectivity index (χ3n) is 4.79. The lowest BCUT2D eigenvalue weighted by molar-refractivity contribution is 0.133. The van der Waals surface area contributed by atoms with Gasteiger partial charge in [-0.3, -0.25) is 0 Å². The molecule has 0 amide bonds. The molecule has 1 aliphatic rings. The summed E-state index contributed by atoms with van der Waals surface area (Å²) in [5.74, 6) is 1.65. The smallest absolute Gasteiger partial charge is 0.110 e. The summed E-state index contributed by atoms with van der Waals surface area (Å²) >= 11 is 1.82. The van der Waals surface area contributed by atoms with Gasteiger partial charge < -0.3 is 5.32 Å². The zero-order chi connectivity index (χ0) is 14.8. The molecule has 1 heterocycles. The minimum Gasteiger partial charge on any atom is -0.308 e. The number of nitrogens with one attached hydrogen (secondary N) is 1. The Hall–Kier alpha value is -0.410. The molecule has 0 spiro atoms. The third kappa shape index (κ3) is 3.82. The van der Waals surface area contributed by atoms with Crippen LogP contribution in [0.4, 0.5) is 0 Å². The Morgan fingerprint density at radius 3 is 2.40 bits per heavy atom. The van der Waals surface area contributed by atoms with Crippen molar-refractivity contribution in [2.45, 2.75) is 66.3 Å². The summed E-state index contributed by atoms with van der Waals surface area (Å²) in [6.45, 7) is 12.5. The summed E-state index contributed by atoms with van der Waals surface area (Å²) < 4.78 is 0. The average molecular weight is 295 g/mol. The Balaban J connectivity index is 2.02. The standard InChI is InChI=1S/C17H30N2S/c1-6-18-15(16-19-12(2)11-20-16)13-7-9-14(10-8-13)17(3,4)5/h11,13-15,18H,6-10H2,1-5H3. The molecular formula is C17H30N2S. The summed E-state index contributed by atoms with van der Waals surface area (Å²) in [6.07, 6.45) is 5.44. The van der Waals surface area contributed by atoms with Crippen molar-refractivity contribution in [1.82, 2.24) is 10.3 Å². The highest BCUT2D eigenvalue weighted by Crippen LogP contribution is 2.43. The molecule has 1 atom stereocenters. The van der Waals surface area contributed by atoms with Crippen LogP contribution in [0.3, 0.4) is 0 Å². The van der Waals surface area contributed by atoms with E-state index in [1.807, 2.05) is 11.3 Å². The van der Waals surface area contributed by atoms with Crippen molar-refractivity contribution in [2.75, 3.05) is 6.54 Å². The number of aromatic nitrogens is 1. The second kappa shape index (κ2) is 6.57. The summed E-state index contributed by atoms with van der Waals surface area (Å²) in [5, 5.41) is 7.16. The lowest BCUT2D eigenvalue weighted by Gasteiger charge is -2.39. The predicted octanol–water partition coefficient (Wildman–Crippen LogP) is 4.95. The number of thiazole rings is 1. The van der Waals surface area contributed by atoms with Gasteiger partial charge in [-0.1, -0.05) is 27.7 Å². The van der Waals surface area contributed by atoms with E-state index in [9.17, 15) is 0 Å². The van der Waals surface area contributed by atoms with E-state index in [4.69, 9.17) is 4.98 Å². The van der Waals surface area contributed by atoms with E-state index >= 15 is 0 Å². The summed E-state index contributed by atoms with van der Waals surface area (Å²) in [4.78, 5) is 4.73. The van der Waals surface area contributed by atoms with Crippen LogP contribution >= 0.6 is 11.3 Å². The fourth-order valence-electron chi connectivity index (χ4n) is 3.51. The van der Waals surface area contributed by atoms with Gasteiger partial charge in [-0.05, 0) is 56.4 Å². The first-order chi connectivity index (χ1) is 9.41. The molecule has 20 heavy (non-hydrogen) atoms. The highest BCUT2D eigenvalue weighted by molar-refractivity contribution is 7.09. The van der Waals surface area contributed by atoms with E-state index in [1.165, 1.54) is 30.7 Å². The topological polar surface area (TPSA) is 24.9 Å². The van der Waals surface area contributed by atoms with E-state index in [0.29, 0.717) is 11.5 Å². The summed E-state index contributed by atoms with van der Waals surface area (Å²) in [5.41, 5.74) is 1.63. The highest BCUT2D eigenvalue weighted by atomic mass is 32.1. The Morgan fingerprint density at radius 1 is 1.30 bits per heavy atom. The fraction of sp³-hybridized carbons (Fsp3) is 0.824. The number of hydrogen-bond acceptors (Lipinski definition) is 3. The molecule has 2 rings (SSSR count). The second-order valence-corrected chi connectivity index (χ2v) is 8.23. The van der Waals surface area contributed by atoms with E-state index in [1.54, 1.807) is 0 Å². The number of aryl methyl sites for hydroxylation is 1. The van der Waals surface area contributed by atoms with Gasteiger partial charge in [-0.2, -0.15) is 0 Å². The van der Waals surface area contributed by atoms with Gasteiger partial charge in [0.25, 0.3) is 0 Å². The molecule has 1 N–H and O–H groups in total. The molecule has 2 nitrogen and oxygen atoms in total. The van der Waals surface area contributed by atoms with Crippen molar-refractivity contribution in [3.8, 4) is 0 Å². The van der Waals surface area contributed by atoms with E-state index in [-0.39, 0.29) is 0 Å². The first kappa shape index (κ1) is 16.0. The van der Waals surface area contributed by atoms with Crippen LogP contribution in [0, 0.1) is 24.2 Å². The Bertz CT molecular complexity index is 411. The quantitative estimate of drug-likeness (QED) is 0.849. The normalized spacial score (nSPS) is 25.6. The Morgan fingerprint density at radius 2 is 1.95 bits per heavy atom. The number of rotatable bonds is 4. The van der Waals surface area contributed by atoms with Crippen molar-refractivity contribution in [3.63, 3.8) is 0 Å². The zero-order valence-corrected chi connectivity index (χ0v) is 14.5. The van der Waals surface area contributed by atoms with Crippen molar-refractivity contribution in [3.05, 3.63) is 16.1 Å². The molecule has 1 aliphatic carbocycles. The summed E-state index contributed by atoms with van der Waals surface area (Å²) in [7, 11) is 0. The predicted molar refractivity (Wildman–Crippen MR) is 88.2 cm³/mol. The molecular weight excluding hydrogens is 264 g/mol. The van der Waals surface area contributed by atoms with E-state index in [2.05, 4.69) is 45.3 Å². The van der Waals surface area contributed by atoms with Crippen LogP contribution in [0.5, 0.6) is 0 Å². The van der Waals surface area contributed by atoms with Crippen LogP contribution in [0.15, 0.2) is 5.38 Å². The van der Waals surface area contributed by atoms with Crippen LogP contribution in [0.1, 0.15) is 70.1 Å². The van der Waals surface area contributed by atoms with Gasteiger partial charge >= 0.3 is 0 Å². The van der Waals surface area contributed by atoms with Crippen LogP contribution < -0.4 is 5.32 Å². The molecule has 1 saturated carbocycles. The highest BCUT2D eigenvalue weighted by Gasteiger charge is 2.33. The SMILES string of the molecule is CCNC(c1nc(C)cs1)C1CCC(C(C)(C)C)CC1. The maximum Gasteiger partial charge on any atom is 0.110 e. The van der Waals surface area contributed by atoms with E-state index in [0.717, 1.165) is 24.1 Å². The van der Waals surface area contributed by atoms with Crippen molar-refractivity contribution in [2.24, 2.45) is 17.3 Å². The second-order valence-electron chi connectivity index (χ2n) is 7.34. The largest absolute Gasteiger partial charge is 0.308 e. The van der Waals surface area contributed by atoms with Crippen LogP contribution in [-0.2, 0) is 0 Å². The first-order valence-electron chi connectivity index (χ1n) is 8.07. The van der Waals surface area contributed by atoms with Crippen LogP contribution in [-0.4, -0.2) is 11.5 Å². The lowest BCUT2D eigenvalue weighted by atomic mass is 9.68. The minimum absolute atomic E-state index is 0.469. The maximum atomic E-state index is 4.73. The van der Waals surface area contributed by atoms with Gasteiger partial charge in [0.05, 0.1) is 6.04 Å². The fourth-order valence-corrected chi connectivity index (χ4v) is 4.47. The molecule has 0 radical (unpaired) electrons. The molecule has 1 fully saturated rings. The average Bonchev–Trinajstić information content (AvgIpc) is 2.81. The van der Waals surface area contributed by atoms with Gasteiger partial charge in [-0.15, -0.1) is 11.3 Å². The van der Waals surface area contributed by atoms with Gasteiger partial charge in [0, 0.05) is 11.1 Å². The Labute approximate surface area is 128 Å². The van der Waals surface area contributed by atoms with Crippen LogP contribution in [0.2, 0.25) is 0 Å². The molecule has 1 unspecified atom stereocenters.